The molecule has 0 unspecified atom stereocenters. The molecule has 0 N–H and O–H groups in total. The van der Waals surface area contributed by atoms with Crippen LogP contribution < -0.4 is 19.6 Å². The molecule has 0 aliphatic carbocycles. The van der Waals surface area contributed by atoms with Gasteiger partial charge in [-0.1, -0.05) is 393 Å². The summed E-state index contributed by atoms with van der Waals surface area (Å²) in [6, 6.07) is 188. The summed E-state index contributed by atoms with van der Waals surface area (Å²) in [5.41, 5.74) is 28.4. The molecule has 0 radical (unpaired) electrons. The lowest BCUT2D eigenvalue weighted by molar-refractivity contribution is 1.29. The molecule has 4 nitrogen and oxygen atoms in total. The Morgan fingerprint density at radius 3 is 0.623 bits per heavy atom. The predicted molar refractivity (Wildman–Crippen MR) is 557 cm³/mol. The normalized spacial score (nSPS) is 11.2. The Kier molecular flexibility index (Phi) is 22.4. The van der Waals surface area contributed by atoms with Crippen molar-refractivity contribution in [1.82, 2.24) is 0 Å². The lowest BCUT2D eigenvalue weighted by Crippen LogP contribution is -2.11. The molecule has 0 fully saturated rings. The van der Waals surface area contributed by atoms with Crippen molar-refractivity contribution in [3.63, 3.8) is 0 Å². The number of hydrogen-bond acceptors (Lipinski definition) is 4. The molecule has 0 saturated heterocycles. The Hall–Kier alpha value is -16.9. The molecule has 0 aromatic heterocycles. The monoisotopic (exact) mass is 1660 g/mol. The summed E-state index contributed by atoms with van der Waals surface area (Å²) >= 11 is 0. The van der Waals surface area contributed by atoms with Gasteiger partial charge in [0.25, 0.3) is 0 Å². The van der Waals surface area contributed by atoms with E-state index in [0.29, 0.717) is 0 Å². The molecule has 130 heavy (non-hydrogen) atoms. The number of para-hydroxylation sites is 6. The van der Waals surface area contributed by atoms with E-state index in [1.807, 2.05) is 0 Å². The molecule has 0 bridgehead atoms. The molecule has 0 aliphatic rings. The minimum atomic E-state index is 1.11. The SMILES string of the molecule is Cc1ccc(N(c2ccc(C)cc2)c2c3ccccc3c(-c3ccc4ccccc4c3)c3ccccc23)cc1.c1ccc(-c2c3ccc(N(c4ccccc4)c4ccccc4)cc3c(-c3ccccc3)c3ccc(N(c4ccccc4)c4ccccc4)cc23)cc1.c1ccc(-c2c3ccccc3c(-c3ccccc3)c3cc(N(c4ccccc4)c4ccccc4)ccc23)cc1. The van der Waals surface area contributed by atoms with Gasteiger partial charge in [0.05, 0.1) is 5.69 Å². The number of benzene rings is 23. The third-order valence-electron chi connectivity index (χ3n) is 25.0. The van der Waals surface area contributed by atoms with Gasteiger partial charge in [-0.15, -0.1) is 0 Å². The zero-order valence-corrected chi connectivity index (χ0v) is 72.4. The second kappa shape index (κ2) is 36.3. The topological polar surface area (TPSA) is 13.0 Å². The van der Waals surface area contributed by atoms with Gasteiger partial charge in [-0.2, -0.15) is 0 Å². The standard InChI is InChI=1S/C50H36N2.C38H27N.C38H29N/c1-7-19-37(20-8-1)49-45-33-31-44(52(41-27-15-5-16-28-41)42-29-17-6-18-30-42)36-48(45)50(38-21-9-2-10-22-38)46-34-32-43(35-47(46)49)51(39-23-11-3-12-24-39)40-25-13-4-14-26-40;1-5-15-28(16-6-1)37-33-23-13-14-24-34(33)38(29-17-7-2-8-18-29)36-27-32(25-26-35(36)37)39(30-19-9-3-10-20-30)31-21-11-4-12-22-31;1-26-15-21-31(22-16-26)39(32-23-17-27(2)18-24-32)38-35-13-7-5-11-33(35)37(34-12-6-8-14-36(34)38)30-20-19-28-9-3-4-10-29(28)25-30/h1-36H;1-27H;3-25H,1-2H3. The smallest absolute Gasteiger partial charge is 0.0618 e. The number of nitrogens with zero attached hydrogens (tertiary/aromatic N) is 4. The van der Waals surface area contributed by atoms with Gasteiger partial charge in [-0.3, -0.25) is 0 Å². The molecule has 0 spiro atoms. The van der Waals surface area contributed by atoms with Crippen LogP contribution in [0.5, 0.6) is 0 Å². The highest BCUT2D eigenvalue weighted by Crippen LogP contribution is 2.53. The van der Waals surface area contributed by atoms with Crippen LogP contribution >= 0.6 is 0 Å². The van der Waals surface area contributed by atoms with Crippen molar-refractivity contribution >= 4 is 144 Å². The Morgan fingerprint density at radius 1 is 0.123 bits per heavy atom. The van der Waals surface area contributed by atoms with E-state index >= 15 is 0 Å². The van der Waals surface area contributed by atoms with Crippen LogP contribution in [0.25, 0.3) is 131 Å². The maximum Gasteiger partial charge on any atom is 0.0618 e. The van der Waals surface area contributed by atoms with Gasteiger partial charge in [0.2, 0.25) is 0 Å². The molecule has 0 atom stereocenters. The Labute approximate surface area is 760 Å². The van der Waals surface area contributed by atoms with Crippen molar-refractivity contribution in [3.8, 4) is 55.6 Å². The molecule has 0 amide bonds. The highest BCUT2D eigenvalue weighted by molar-refractivity contribution is 6.26. The molecule has 0 heterocycles. The average molecular weight is 1660 g/mol. The van der Waals surface area contributed by atoms with Gasteiger partial charge in [-0.05, 0) is 274 Å². The van der Waals surface area contributed by atoms with Crippen LogP contribution in [0.2, 0.25) is 0 Å². The molecule has 4 heteroatoms. The Bertz CT molecular complexity index is 7520. The van der Waals surface area contributed by atoms with E-state index in [0.717, 1.165) is 62.6 Å². The summed E-state index contributed by atoms with van der Waals surface area (Å²) in [6.45, 7) is 4.28. The molecular weight excluding hydrogens is 1570 g/mol. The first-order chi connectivity index (χ1) is 64.4. The number of anilines is 12. The van der Waals surface area contributed by atoms with Gasteiger partial charge in [0.1, 0.15) is 0 Å². The first kappa shape index (κ1) is 80.2. The first-order valence-corrected chi connectivity index (χ1v) is 44.7. The molecule has 616 valence electrons. The van der Waals surface area contributed by atoms with E-state index in [1.165, 1.54) is 148 Å². The summed E-state index contributed by atoms with van der Waals surface area (Å²) in [4.78, 5) is 9.46. The minimum absolute atomic E-state index is 1.11. The van der Waals surface area contributed by atoms with E-state index in [-0.39, 0.29) is 0 Å². The Morgan fingerprint density at radius 2 is 0.331 bits per heavy atom. The lowest BCUT2D eigenvalue weighted by atomic mass is 9.85. The zero-order chi connectivity index (χ0) is 87.1. The van der Waals surface area contributed by atoms with E-state index in [2.05, 4.69) is 555 Å². The molecular formula is C126H92N4. The summed E-state index contributed by atoms with van der Waals surface area (Å²) in [6.07, 6.45) is 0. The fourth-order valence-corrected chi connectivity index (χ4v) is 19.1. The van der Waals surface area contributed by atoms with Crippen LogP contribution in [0.15, 0.2) is 522 Å². The summed E-state index contributed by atoms with van der Waals surface area (Å²) in [5.74, 6) is 0. The molecule has 23 rings (SSSR count). The second-order valence-electron chi connectivity index (χ2n) is 33.1. The maximum atomic E-state index is 2.42. The van der Waals surface area contributed by atoms with Gasteiger partial charge in [-0.25, -0.2) is 0 Å². The molecule has 23 aromatic carbocycles. The van der Waals surface area contributed by atoms with Crippen molar-refractivity contribution < 1.29 is 0 Å². The highest BCUT2D eigenvalue weighted by Gasteiger charge is 2.27. The van der Waals surface area contributed by atoms with Crippen LogP contribution in [-0.4, -0.2) is 0 Å². The van der Waals surface area contributed by atoms with Gasteiger partial charge in [0.15, 0.2) is 0 Å². The largest absolute Gasteiger partial charge is 0.310 e. The van der Waals surface area contributed by atoms with Crippen molar-refractivity contribution in [1.29, 1.82) is 0 Å². The van der Waals surface area contributed by atoms with Crippen molar-refractivity contribution in [2.24, 2.45) is 0 Å². The Balaban J connectivity index is 0.000000120. The number of rotatable bonds is 17. The minimum Gasteiger partial charge on any atom is -0.310 e. The fourth-order valence-electron chi connectivity index (χ4n) is 19.1. The van der Waals surface area contributed by atoms with Crippen LogP contribution in [0.3, 0.4) is 0 Å². The zero-order valence-electron chi connectivity index (χ0n) is 72.4. The third kappa shape index (κ3) is 15.9. The van der Waals surface area contributed by atoms with Crippen LogP contribution in [-0.2, 0) is 0 Å². The van der Waals surface area contributed by atoms with Crippen LogP contribution in [0, 0.1) is 13.8 Å². The van der Waals surface area contributed by atoms with Gasteiger partial charge >= 0.3 is 0 Å². The second-order valence-corrected chi connectivity index (χ2v) is 33.1. The van der Waals surface area contributed by atoms with Crippen molar-refractivity contribution in [3.05, 3.63) is 533 Å². The predicted octanol–water partition coefficient (Wildman–Crippen LogP) is 36.0. The van der Waals surface area contributed by atoms with E-state index in [1.54, 1.807) is 0 Å². The molecule has 0 saturated carbocycles. The van der Waals surface area contributed by atoms with E-state index in [9.17, 15) is 0 Å². The average Bonchev–Trinajstić information content (AvgIpc) is 0.734. The number of aryl methyl sites for hydroxylation is 2. The first-order valence-electron chi connectivity index (χ1n) is 44.7. The van der Waals surface area contributed by atoms with Gasteiger partial charge < -0.3 is 19.6 Å². The van der Waals surface area contributed by atoms with Crippen LogP contribution in [0.1, 0.15) is 11.1 Å². The van der Waals surface area contributed by atoms with Crippen LogP contribution in [0.4, 0.5) is 68.2 Å². The summed E-state index contributed by atoms with van der Waals surface area (Å²) < 4.78 is 0. The van der Waals surface area contributed by atoms with E-state index in [4.69, 9.17) is 0 Å². The quantitative estimate of drug-likeness (QED) is 0.0843. The molecule has 0 aliphatic heterocycles. The summed E-state index contributed by atoms with van der Waals surface area (Å²) in [7, 11) is 0. The van der Waals surface area contributed by atoms with Gasteiger partial charge in [0, 0.05) is 73.3 Å². The number of fused-ring (bicyclic) bond motifs is 7. The maximum absolute atomic E-state index is 2.42. The highest BCUT2D eigenvalue weighted by atomic mass is 15.2. The summed E-state index contributed by atoms with van der Waals surface area (Å²) in [5, 5.41) is 17.4. The third-order valence-corrected chi connectivity index (χ3v) is 25.0. The number of hydrogen-bond donors (Lipinski definition) is 0. The fraction of sp³-hybridized carbons (Fsp3) is 0.0159. The van der Waals surface area contributed by atoms with Crippen molar-refractivity contribution in [2.75, 3.05) is 19.6 Å². The lowest BCUT2D eigenvalue weighted by Gasteiger charge is -2.29. The van der Waals surface area contributed by atoms with Crippen molar-refractivity contribution in [2.45, 2.75) is 13.8 Å². The molecule has 23 aromatic rings. The van der Waals surface area contributed by atoms with E-state index < -0.39 is 0 Å².